The van der Waals surface area contributed by atoms with Gasteiger partial charge in [0.05, 0.1) is 16.7 Å². The Kier molecular flexibility index (Phi) is 6.20. The molecule has 0 bridgehead atoms. The summed E-state index contributed by atoms with van der Waals surface area (Å²) in [5.74, 6) is 1.68. The lowest BCUT2D eigenvalue weighted by Gasteiger charge is -2.15. The predicted octanol–water partition coefficient (Wildman–Crippen LogP) is 4.88. The van der Waals surface area contributed by atoms with Gasteiger partial charge in [0, 0.05) is 18.4 Å². The maximum Gasteiger partial charge on any atom is 0.270 e. The molecule has 196 valence electrons. The Balaban J connectivity index is 1.47. The Morgan fingerprint density at radius 3 is 2.41 bits per heavy atom. The first kappa shape index (κ1) is 24.6. The van der Waals surface area contributed by atoms with Crippen molar-refractivity contribution in [3.8, 4) is 11.4 Å². The van der Waals surface area contributed by atoms with Crippen molar-refractivity contribution >= 4 is 39.5 Å². The highest BCUT2D eigenvalue weighted by molar-refractivity contribution is 5.88. The van der Waals surface area contributed by atoms with Crippen molar-refractivity contribution in [2.45, 2.75) is 13.8 Å². The number of rotatable bonds is 7. The highest BCUT2D eigenvalue weighted by atomic mass is 16.5. The molecule has 0 atom stereocenters. The van der Waals surface area contributed by atoms with E-state index in [4.69, 9.17) is 14.7 Å². The number of anilines is 2. The number of fused-ring (bicyclic) bond motifs is 5. The molecule has 0 saturated heterocycles. The van der Waals surface area contributed by atoms with E-state index in [0.29, 0.717) is 29.4 Å². The number of imidazole rings is 1. The summed E-state index contributed by atoms with van der Waals surface area (Å²) >= 11 is 0. The minimum absolute atomic E-state index is 0.212. The highest BCUT2D eigenvalue weighted by Gasteiger charge is 2.20. The van der Waals surface area contributed by atoms with Crippen LogP contribution >= 0.6 is 0 Å². The summed E-state index contributed by atoms with van der Waals surface area (Å²) in [4.78, 5) is 30.2. The first-order chi connectivity index (χ1) is 18.9. The zero-order chi connectivity index (χ0) is 27.1. The van der Waals surface area contributed by atoms with Crippen LogP contribution in [-0.4, -0.2) is 56.1 Å². The minimum Gasteiger partial charge on any atom is -0.492 e. The van der Waals surface area contributed by atoms with Crippen LogP contribution in [-0.2, 0) is 0 Å². The zero-order valence-corrected chi connectivity index (χ0v) is 22.3. The third-order valence-electron chi connectivity index (χ3n) is 6.74. The van der Waals surface area contributed by atoms with Gasteiger partial charge >= 0.3 is 0 Å². The molecule has 1 N–H and O–H groups in total. The van der Waals surface area contributed by atoms with Crippen molar-refractivity contribution in [1.29, 1.82) is 0 Å². The number of aromatic nitrogens is 5. The molecule has 0 spiro atoms. The Morgan fingerprint density at radius 1 is 0.923 bits per heavy atom. The van der Waals surface area contributed by atoms with E-state index in [1.807, 2.05) is 99.1 Å². The van der Waals surface area contributed by atoms with Crippen molar-refractivity contribution in [2.75, 3.05) is 32.6 Å². The number of nitrogens with zero attached hydrogens (tertiary/aromatic N) is 6. The van der Waals surface area contributed by atoms with E-state index in [1.54, 1.807) is 10.8 Å². The highest BCUT2D eigenvalue weighted by Crippen LogP contribution is 2.26. The predicted molar refractivity (Wildman–Crippen MR) is 155 cm³/mol. The molecule has 0 aliphatic carbocycles. The number of benzene rings is 3. The fourth-order valence-electron chi connectivity index (χ4n) is 4.81. The molecule has 0 aliphatic rings. The third-order valence-corrected chi connectivity index (χ3v) is 6.74. The van der Waals surface area contributed by atoms with Gasteiger partial charge in [0.15, 0.2) is 5.65 Å². The molecule has 0 saturated carbocycles. The number of likely N-dealkylation sites (N-methyl/N-ethyl adjacent to an activating group) is 1. The number of aryl methyl sites for hydroxylation is 2. The molecule has 3 heterocycles. The van der Waals surface area contributed by atoms with Crippen molar-refractivity contribution in [3.05, 3.63) is 94.4 Å². The van der Waals surface area contributed by atoms with Gasteiger partial charge in [0.2, 0.25) is 11.7 Å². The maximum atomic E-state index is 14.0. The van der Waals surface area contributed by atoms with Crippen molar-refractivity contribution in [2.24, 2.45) is 0 Å². The van der Waals surface area contributed by atoms with Crippen LogP contribution in [0.4, 0.5) is 11.6 Å². The molecular weight excluding hydrogens is 490 g/mol. The number of ether oxygens (including phenoxy) is 1. The SMILES string of the molecule is Cc1cccc(C)c1-n1c(=O)c2cnc(Nc3ccc(OCCN(C)C)cc3)nc2n2c3ccccc3nc12. The van der Waals surface area contributed by atoms with Gasteiger partial charge in [-0.2, -0.15) is 4.98 Å². The van der Waals surface area contributed by atoms with E-state index in [9.17, 15) is 4.79 Å². The van der Waals surface area contributed by atoms with Crippen LogP contribution in [0.2, 0.25) is 0 Å². The first-order valence-electron chi connectivity index (χ1n) is 12.8. The van der Waals surface area contributed by atoms with E-state index >= 15 is 0 Å². The van der Waals surface area contributed by atoms with Crippen LogP contribution < -0.4 is 15.6 Å². The van der Waals surface area contributed by atoms with Crippen LogP contribution in [0.5, 0.6) is 5.75 Å². The molecule has 3 aromatic heterocycles. The molecule has 6 rings (SSSR count). The van der Waals surface area contributed by atoms with Gasteiger partial charge in [-0.3, -0.25) is 9.20 Å². The second-order valence-corrected chi connectivity index (χ2v) is 9.85. The van der Waals surface area contributed by atoms with Gasteiger partial charge in [-0.05, 0) is 75.5 Å². The molecule has 9 nitrogen and oxygen atoms in total. The van der Waals surface area contributed by atoms with Gasteiger partial charge in [-0.25, -0.2) is 14.5 Å². The number of hydrogen-bond acceptors (Lipinski definition) is 7. The average Bonchev–Trinajstić information content (AvgIpc) is 3.30. The van der Waals surface area contributed by atoms with Gasteiger partial charge < -0.3 is 15.0 Å². The summed E-state index contributed by atoms with van der Waals surface area (Å²) < 4.78 is 9.41. The van der Waals surface area contributed by atoms with Crippen LogP contribution in [0.1, 0.15) is 11.1 Å². The molecule has 3 aromatic carbocycles. The largest absolute Gasteiger partial charge is 0.492 e. The second kappa shape index (κ2) is 9.85. The number of hydrogen-bond donors (Lipinski definition) is 1. The average molecular weight is 520 g/mol. The number of para-hydroxylation sites is 3. The lowest BCUT2D eigenvalue weighted by atomic mass is 10.1. The molecule has 0 unspecified atom stereocenters. The summed E-state index contributed by atoms with van der Waals surface area (Å²) in [5.41, 5.74) is 5.52. The smallest absolute Gasteiger partial charge is 0.270 e. The normalized spacial score (nSPS) is 11.6. The van der Waals surface area contributed by atoms with Gasteiger partial charge in [0.1, 0.15) is 17.7 Å². The number of nitrogens with one attached hydrogen (secondary N) is 1. The second-order valence-electron chi connectivity index (χ2n) is 9.85. The van der Waals surface area contributed by atoms with Crippen LogP contribution in [0, 0.1) is 13.8 Å². The molecule has 6 aromatic rings. The maximum absolute atomic E-state index is 14.0. The van der Waals surface area contributed by atoms with E-state index in [-0.39, 0.29) is 5.56 Å². The fraction of sp³-hybridized carbons (Fsp3) is 0.200. The van der Waals surface area contributed by atoms with E-state index in [0.717, 1.165) is 45.8 Å². The molecular formula is C30H29N7O2. The van der Waals surface area contributed by atoms with Crippen LogP contribution in [0.25, 0.3) is 33.5 Å². The van der Waals surface area contributed by atoms with Gasteiger partial charge in [-0.15, -0.1) is 0 Å². The standard InChI is InChI=1S/C30H29N7O2/c1-19-8-7-9-20(2)26(19)37-28(38)23-18-31-29(32-21-12-14-22(15-13-21)39-17-16-35(3)4)34-27(23)36-25-11-6-5-10-24(25)33-30(36)37/h5-15,18H,16-17H2,1-4H3,(H,31,32,34). The molecule has 9 heteroatoms. The molecule has 39 heavy (non-hydrogen) atoms. The van der Waals surface area contributed by atoms with E-state index in [1.165, 1.54) is 0 Å². The monoisotopic (exact) mass is 519 g/mol. The van der Waals surface area contributed by atoms with E-state index < -0.39 is 0 Å². The Bertz CT molecular complexity index is 1870. The van der Waals surface area contributed by atoms with Crippen LogP contribution in [0.15, 0.2) is 77.7 Å². The van der Waals surface area contributed by atoms with E-state index in [2.05, 4.69) is 15.2 Å². The quantitative estimate of drug-likeness (QED) is 0.321. The van der Waals surface area contributed by atoms with Crippen molar-refractivity contribution < 1.29 is 4.74 Å². The lowest BCUT2D eigenvalue weighted by Crippen LogP contribution is -2.24. The first-order valence-corrected chi connectivity index (χ1v) is 12.8. The summed E-state index contributed by atoms with van der Waals surface area (Å²) in [5, 5.41) is 3.66. The minimum atomic E-state index is -0.212. The van der Waals surface area contributed by atoms with Crippen LogP contribution in [0.3, 0.4) is 0 Å². The summed E-state index contributed by atoms with van der Waals surface area (Å²) in [6.45, 7) is 5.45. The molecule has 0 fully saturated rings. The Morgan fingerprint density at radius 2 is 1.67 bits per heavy atom. The Labute approximate surface area is 225 Å². The molecule has 0 amide bonds. The van der Waals surface area contributed by atoms with Gasteiger partial charge in [0.25, 0.3) is 5.56 Å². The van der Waals surface area contributed by atoms with Gasteiger partial charge in [-0.1, -0.05) is 30.3 Å². The van der Waals surface area contributed by atoms with Crippen molar-refractivity contribution in [1.82, 2.24) is 28.8 Å². The molecule has 0 aliphatic heterocycles. The van der Waals surface area contributed by atoms with Crippen molar-refractivity contribution in [3.63, 3.8) is 0 Å². The summed E-state index contributed by atoms with van der Waals surface area (Å²) in [6, 6.07) is 21.5. The topological polar surface area (TPSA) is 89.6 Å². The fourth-order valence-corrected chi connectivity index (χ4v) is 4.81. The lowest BCUT2D eigenvalue weighted by molar-refractivity contribution is 0.261. The summed E-state index contributed by atoms with van der Waals surface area (Å²) in [7, 11) is 4.03. The molecule has 0 radical (unpaired) electrons. The Hall–Kier alpha value is -4.76. The third kappa shape index (κ3) is 4.46. The zero-order valence-electron chi connectivity index (χ0n) is 22.3. The summed E-state index contributed by atoms with van der Waals surface area (Å²) in [6.07, 6.45) is 1.59.